The molecule has 0 bridgehead atoms. The Balaban J connectivity index is 3.35. The summed E-state index contributed by atoms with van der Waals surface area (Å²) in [6.07, 6.45) is 0. The normalized spacial score (nSPS) is 13.0. The average Bonchev–Trinajstić information content (AvgIpc) is 1.65. The number of hydrogen-bond acceptors (Lipinski definition) is 1. The molecule has 0 saturated carbocycles. The van der Waals surface area contributed by atoms with E-state index in [-0.39, 0.29) is 5.91 Å². The lowest BCUT2D eigenvalue weighted by Crippen LogP contribution is -2.20. The van der Waals surface area contributed by atoms with Gasteiger partial charge >= 0.3 is 0 Å². The van der Waals surface area contributed by atoms with Crippen LogP contribution in [-0.2, 0) is 4.79 Å². The summed E-state index contributed by atoms with van der Waals surface area (Å²) in [4.78, 5) is 10.2. The number of carbonyl (C=O) groups is 1. The SMILES string of the molecule is CC(Cl)C(=O)NBr. The van der Waals surface area contributed by atoms with E-state index in [0.717, 1.165) is 0 Å². The van der Waals surface area contributed by atoms with Crippen molar-refractivity contribution in [3.63, 3.8) is 0 Å². The Bertz CT molecular complexity index is 75.3. The number of rotatable bonds is 1. The number of hydrogen-bond donors (Lipinski definition) is 1. The molecule has 0 saturated heterocycles. The quantitative estimate of drug-likeness (QED) is 0.481. The van der Waals surface area contributed by atoms with Crippen LogP contribution in [0, 0.1) is 0 Å². The van der Waals surface area contributed by atoms with Crippen molar-refractivity contribution < 1.29 is 4.79 Å². The topological polar surface area (TPSA) is 29.1 Å². The first-order valence-electron chi connectivity index (χ1n) is 1.73. The van der Waals surface area contributed by atoms with Gasteiger partial charge in [0, 0.05) is 16.1 Å². The van der Waals surface area contributed by atoms with Crippen molar-refractivity contribution in [3.8, 4) is 0 Å². The zero-order chi connectivity index (χ0) is 5.86. The van der Waals surface area contributed by atoms with Gasteiger partial charge < -0.3 is 0 Å². The molecule has 4 heteroatoms. The third-order valence-electron chi connectivity index (χ3n) is 0.454. The molecule has 0 fully saturated rings. The van der Waals surface area contributed by atoms with Crippen molar-refractivity contribution in [1.82, 2.24) is 4.34 Å². The zero-order valence-corrected chi connectivity index (χ0v) is 6.08. The van der Waals surface area contributed by atoms with E-state index in [1.54, 1.807) is 6.92 Å². The fraction of sp³-hybridized carbons (Fsp3) is 0.667. The maximum Gasteiger partial charge on any atom is 0.247 e. The number of nitrogens with one attached hydrogen (secondary N) is 1. The van der Waals surface area contributed by atoms with E-state index < -0.39 is 5.38 Å². The molecule has 2 nitrogen and oxygen atoms in total. The van der Waals surface area contributed by atoms with Crippen molar-refractivity contribution in [3.05, 3.63) is 0 Å². The molecule has 0 spiro atoms. The summed E-state index contributed by atoms with van der Waals surface area (Å²) in [5.74, 6) is -0.221. The van der Waals surface area contributed by atoms with Gasteiger partial charge in [0.25, 0.3) is 0 Å². The first-order valence-corrected chi connectivity index (χ1v) is 2.96. The van der Waals surface area contributed by atoms with Gasteiger partial charge in [0.15, 0.2) is 0 Å². The van der Waals surface area contributed by atoms with E-state index in [4.69, 9.17) is 11.6 Å². The lowest BCUT2D eigenvalue weighted by atomic mass is 10.5. The molecule has 1 amide bonds. The summed E-state index contributed by atoms with van der Waals surface area (Å²) in [5, 5.41) is -0.459. The van der Waals surface area contributed by atoms with Crippen LogP contribution < -0.4 is 4.34 Å². The second kappa shape index (κ2) is 3.27. The van der Waals surface area contributed by atoms with Gasteiger partial charge in [-0.15, -0.1) is 11.6 Å². The minimum Gasteiger partial charge on any atom is -0.291 e. The molecular formula is C3H5BrClNO. The maximum absolute atomic E-state index is 10.2. The van der Waals surface area contributed by atoms with Crippen LogP contribution in [0.3, 0.4) is 0 Å². The van der Waals surface area contributed by atoms with Crippen LogP contribution in [0.5, 0.6) is 0 Å². The lowest BCUT2D eigenvalue weighted by Gasteiger charge is -1.94. The molecule has 0 aliphatic heterocycles. The van der Waals surface area contributed by atoms with Gasteiger partial charge in [-0.2, -0.15) is 0 Å². The summed E-state index contributed by atoms with van der Waals surface area (Å²) in [5.41, 5.74) is 0. The molecule has 1 N–H and O–H groups in total. The molecule has 42 valence electrons. The Morgan fingerprint density at radius 2 is 2.43 bits per heavy atom. The second-order valence-corrected chi connectivity index (χ2v) is 2.13. The molecule has 0 aliphatic rings. The molecule has 0 aromatic rings. The number of carbonyl (C=O) groups excluding carboxylic acids is 1. The molecule has 1 unspecified atom stereocenters. The van der Waals surface area contributed by atoms with Gasteiger partial charge in [0.05, 0.1) is 0 Å². The Labute approximate surface area is 55.6 Å². The minimum atomic E-state index is -0.459. The van der Waals surface area contributed by atoms with Crippen molar-refractivity contribution >= 4 is 33.7 Å². The second-order valence-electron chi connectivity index (χ2n) is 1.07. The largest absolute Gasteiger partial charge is 0.291 e. The van der Waals surface area contributed by atoms with Crippen LogP contribution in [-0.4, -0.2) is 11.3 Å². The van der Waals surface area contributed by atoms with Crippen LogP contribution in [0.2, 0.25) is 0 Å². The lowest BCUT2D eigenvalue weighted by molar-refractivity contribution is -0.118. The van der Waals surface area contributed by atoms with Gasteiger partial charge in [0.1, 0.15) is 5.38 Å². The van der Waals surface area contributed by atoms with E-state index in [9.17, 15) is 4.79 Å². The highest BCUT2D eigenvalue weighted by Crippen LogP contribution is 1.92. The van der Waals surface area contributed by atoms with Crippen molar-refractivity contribution in [2.24, 2.45) is 0 Å². The summed E-state index contributed by atoms with van der Waals surface area (Å²) >= 11 is 8.02. The Morgan fingerprint density at radius 1 is 2.00 bits per heavy atom. The number of alkyl halides is 1. The van der Waals surface area contributed by atoms with Crippen LogP contribution >= 0.6 is 27.7 Å². The molecule has 0 radical (unpaired) electrons. The van der Waals surface area contributed by atoms with Crippen molar-refractivity contribution in [1.29, 1.82) is 0 Å². The van der Waals surface area contributed by atoms with Gasteiger partial charge in [-0.05, 0) is 6.92 Å². The van der Waals surface area contributed by atoms with Crippen LogP contribution in [0.1, 0.15) is 6.92 Å². The molecule has 0 heterocycles. The maximum atomic E-state index is 10.2. The summed E-state index contributed by atoms with van der Waals surface area (Å²) in [7, 11) is 0. The third kappa shape index (κ3) is 2.88. The minimum absolute atomic E-state index is 0.221. The third-order valence-corrected chi connectivity index (χ3v) is 1.04. The molecule has 0 aliphatic carbocycles. The van der Waals surface area contributed by atoms with E-state index in [1.807, 2.05) is 0 Å². The molecule has 7 heavy (non-hydrogen) atoms. The standard InChI is InChI=1S/C3H5BrClNO/c1-2(5)3(7)6-4/h2H,1H3,(H,6,7). The predicted molar refractivity (Wildman–Crippen MR) is 32.4 cm³/mol. The molecule has 1 atom stereocenters. The number of amides is 1. The fourth-order valence-electron chi connectivity index (χ4n) is 0.0752. The highest BCUT2D eigenvalue weighted by molar-refractivity contribution is 9.08. The van der Waals surface area contributed by atoms with E-state index in [0.29, 0.717) is 0 Å². The molecule has 0 aromatic carbocycles. The van der Waals surface area contributed by atoms with Gasteiger partial charge in [-0.25, -0.2) is 0 Å². The van der Waals surface area contributed by atoms with Gasteiger partial charge in [0.2, 0.25) is 5.91 Å². The van der Waals surface area contributed by atoms with E-state index in [1.165, 1.54) is 0 Å². The predicted octanol–water partition coefficient (Wildman–Crippen LogP) is 1.04. The highest BCUT2D eigenvalue weighted by atomic mass is 79.9. The van der Waals surface area contributed by atoms with E-state index in [2.05, 4.69) is 20.5 Å². The summed E-state index contributed by atoms with van der Waals surface area (Å²) < 4.78 is 2.21. The fourth-order valence-corrected chi connectivity index (χ4v) is 0.605. The first kappa shape index (κ1) is 7.24. The van der Waals surface area contributed by atoms with Crippen LogP contribution in [0.15, 0.2) is 0 Å². The van der Waals surface area contributed by atoms with Crippen LogP contribution in [0.25, 0.3) is 0 Å². The molecular weight excluding hydrogens is 181 g/mol. The monoisotopic (exact) mass is 185 g/mol. The Hall–Kier alpha value is 0.240. The first-order chi connectivity index (χ1) is 3.18. The summed E-state index contributed by atoms with van der Waals surface area (Å²) in [6, 6.07) is 0. The van der Waals surface area contributed by atoms with E-state index >= 15 is 0 Å². The van der Waals surface area contributed by atoms with Gasteiger partial charge in [-0.3, -0.25) is 9.14 Å². The van der Waals surface area contributed by atoms with Crippen molar-refractivity contribution in [2.75, 3.05) is 0 Å². The van der Waals surface area contributed by atoms with Crippen molar-refractivity contribution in [2.45, 2.75) is 12.3 Å². The van der Waals surface area contributed by atoms with Gasteiger partial charge in [-0.1, -0.05) is 0 Å². The molecule has 0 aromatic heterocycles. The molecule has 0 rings (SSSR count). The smallest absolute Gasteiger partial charge is 0.247 e. The van der Waals surface area contributed by atoms with Crippen LogP contribution in [0.4, 0.5) is 0 Å². The highest BCUT2D eigenvalue weighted by Gasteiger charge is 2.04. The summed E-state index contributed by atoms with van der Waals surface area (Å²) in [6.45, 7) is 1.60. The Morgan fingerprint density at radius 3 is 2.43 bits per heavy atom. The number of halogens is 2. The zero-order valence-electron chi connectivity index (χ0n) is 3.74. The average molecular weight is 186 g/mol. The Kier molecular flexibility index (Phi) is 3.38.